The second-order valence-electron chi connectivity index (χ2n) is 9.35. The van der Waals surface area contributed by atoms with Gasteiger partial charge in [0, 0.05) is 33.5 Å². The number of rotatable bonds is 4. The van der Waals surface area contributed by atoms with E-state index in [1.807, 2.05) is 0 Å². The van der Waals surface area contributed by atoms with Crippen molar-refractivity contribution >= 4 is 44.3 Å². The summed E-state index contributed by atoms with van der Waals surface area (Å²) in [5, 5.41) is 12.3. The number of anilines is 4. The van der Waals surface area contributed by atoms with E-state index in [9.17, 15) is 0 Å². The first-order chi connectivity index (χ1) is 15.5. The Bertz CT molecular complexity index is 1300. The van der Waals surface area contributed by atoms with Crippen LogP contribution in [-0.4, -0.2) is 0 Å². The van der Waals surface area contributed by atoms with Crippen molar-refractivity contribution in [1.29, 1.82) is 0 Å². The third kappa shape index (κ3) is 4.04. The standard InChI is InChI=1S/C30H28N2/c1-30(2,3)23-18-24(31-28-16-8-12-21-10-4-6-14-26(21)28)20-25(19-23)32-29-17-9-13-22-11-5-7-15-27(22)29/h4-20,31-32H,1-3H3. The predicted octanol–water partition coefficient (Wildman–Crippen LogP) is 8.78. The van der Waals surface area contributed by atoms with Crippen LogP contribution in [0.4, 0.5) is 22.7 Å². The van der Waals surface area contributed by atoms with Gasteiger partial charge in [0.25, 0.3) is 0 Å². The lowest BCUT2D eigenvalue weighted by Crippen LogP contribution is -2.12. The lowest BCUT2D eigenvalue weighted by molar-refractivity contribution is 0.591. The molecule has 0 heterocycles. The first-order valence-electron chi connectivity index (χ1n) is 11.1. The molecule has 0 aliphatic rings. The molecular formula is C30H28N2. The normalized spacial score (nSPS) is 11.6. The molecule has 5 aromatic rings. The zero-order chi connectivity index (χ0) is 22.1. The molecule has 0 aliphatic carbocycles. The molecule has 5 rings (SSSR count). The van der Waals surface area contributed by atoms with Gasteiger partial charge in [0.15, 0.2) is 0 Å². The van der Waals surface area contributed by atoms with Crippen molar-refractivity contribution in [1.82, 2.24) is 0 Å². The van der Waals surface area contributed by atoms with E-state index >= 15 is 0 Å². The molecule has 0 unspecified atom stereocenters. The largest absolute Gasteiger partial charge is 0.355 e. The SMILES string of the molecule is CC(C)(C)c1cc(Nc2cccc3ccccc23)cc(Nc2cccc3ccccc23)c1. The summed E-state index contributed by atoms with van der Waals surface area (Å²) >= 11 is 0. The molecule has 5 aromatic carbocycles. The molecule has 0 aromatic heterocycles. The molecule has 0 spiro atoms. The third-order valence-electron chi connectivity index (χ3n) is 5.94. The first kappa shape index (κ1) is 20.1. The van der Waals surface area contributed by atoms with Crippen LogP contribution in [0, 0.1) is 0 Å². The summed E-state index contributed by atoms with van der Waals surface area (Å²) < 4.78 is 0. The van der Waals surface area contributed by atoms with Crippen LogP contribution in [-0.2, 0) is 5.41 Å². The van der Waals surface area contributed by atoms with Gasteiger partial charge in [-0.25, -0.2) is 0 Å². The van der Waals surface area contributed by atoms with Gasteiger partial charge in [-0.1, -0.05) is 93.6 Å². The van der Waals surface area contributed by atoms with Crippen molar-refractivity contribution in [2.75, 3.05) is 10.6 Å². The van der Waals surface area contributed by atoms with Crippen molar-refractivity contribution < 1.29 is 0 Å². The Morgan fingerprint density at radius 2 is 0.938 bits per heavy atom. The van der Waals surface area contributed by atoms with E-state index in [1.54, 1.807) is 0 Å². The number of nitrogens with one attached hydrogen (secondary N) is 2. The summed E-state index contributed by atoms with van der Waals surface area (Å²) in [7, 11) is 0. The van der Waals surface area contributed by atoms with Crippen LogP contribution >= 0.6 is 0 Å². The quantitative estimate of drug-likeness (QED) is 0.306. The van der Waals surface area contributed by atoms with Crippen molar-refractivity contribution in [3.63, 3.8) is 0 Å². The molecule has 0 atom stereocenters. The Hall–Kier alpha value is -3.78. The Morgan fingerprint density at radius 1 is 0.500 bits per heavy atom. The predicted molar refractivity (Wildman–Crippen MR) is 140 cm³/mol. The van der Waals surface area contributed by atoms with Crippen molar-refractivity contribution in [3.05, 3.63) is 109 Å². The summed E-state index contributed by atoms with van der Waals surface area (Å²) in [6, 6.07) is 36.5. The fourth-order valence-electron chi connectivity index (χ4n) is 4.18. The fraction of sp³-hybridized carbons (Fsp3) is 0.133. The van der Waals surface area contributed by atoms with Crippen LogP contribution < -0.4 is 10.6 Å². The minimum Gasteiger partial charge on any atom is -0.355 e. The Kier molecular flexibility index (Phi) is 5.07. The molecule has 32 heavy (non-hydrogen) atoms. The smallest absolute Gasteiger partial charge is 0.0463 e. The maximum Gasteiger partial charge on any atom is 0.0463 e. The molecule has 0 radical (unpaired) electrons. The van der Waals surface area contributed by atoms with Gasteiger partial charge in [0.05, 0.1) is 0 Å². The highest BCUT2D eigenvalue weighted by Gasteiger charge is 2.16. The van der Waals surface area contributed by atoms with Crippen molar-refractivity contribution in [2.45, 2.75) is 26.2 Å². The van der Waals surface area contributed by atoms with Gasteiger partial charge in [0.1, 0.15) is 0 Å². The van der Waals surface area contributed by atoms with E-state index in [-0.39, 0.29) is 5.41 Å². The zero-order valence-corrected chi connectivity index (χ0v) is 18.8. The van der Waals surface area contributed by atoms with Gasteiger partial charge in [-0.2, -0.15) is 0 Å². The highest BCUT2D eigenvalue weighted by Crippen LogP contribution is 2.34. The van der Waals surface area contributed by atoms with Gasteiger partial charge in [0.2, 0.25) is 0 Å². The van der Waals surface area contributed by atoms with Crippen molar-refractivity contribution in [3.8, 4) is 0 Å². The van der Waals surface area contributed by atoms with Gasteiger partial charge in [-0.15, -0.1) is 0 Å². The van der Waals surface area contributed by atoms with E-state index in [2.05, 4.69) is 135 Å². The molecule has 2 nitrogen and oxygen atoms in total. The summed E-state index contributed by atoms with van der Waals surface area (Å²) in [5.41, 5.74) is 5.71. The molecule has 2 heteroatoms. The number of fused-ring (bicyclic) bond motifs is 2. The van der Waals surface area contributed by atoms with E-state index in [4.69, 9.17) is 0 Å². The van der Waals surface area contributed by atoms with Crippen LogP contribution in [0.25, 0.3) is 21.5 Å². The topological polar surface area (TPSA) is 24.1 Å². The third-order valence-corrected chi connectivity index (χ3v) is 5.94. The summed E-state index contributed by atoms with van der Waals surface area (Å²) in [6.07, 6.45) is 0. The molecule has 0 saturated heterocycles. The minimum atomic E-state index is 0.0334. The lowest BCUT2D eigenvalue weighted by atomic mass is 9.86. The summed E-state index contributed by atoms with van der Waals surface area (Å²) in [6.45, 7) is 6.77. The zero-order valence-electron chi connectivity index (χ0n) is 18.8. The Labute approximate surface area is 189 Å². The van der Waals surface area contributed by atoms with Crippen LogP contribution in [0.1, 0.15) is 26.3 Å². The maximum absolute atomic E-state index is 3.68. The average molecular weight is 417 g/mol. The molecule has 0 aliphatic heterocycles. The summed E-state index contributed by atoms with van der Waals surface area (Å²) in [4.78, 5) is 0. The van der Waals surface area contributed by atoms with Gasteiger partial charge < -0.3 is 10.6 Å². The first-order valence-corrected chi connectivity index (χ1v) is 11.1. The maximum atomic E-state index is 3.68. The molecule has 0 bridgehead atoms. The van der Waals surface area contributed by atoms with Gasteiger partial charge >= 0.3 is 0 Å². The lowest BCUT2D eigenvalue weighted by Gasteiger charge is -2.23. The molecule has 0 fully saturated rings. The van der Waals surface area contributed by atoms with Crippen LogP contribution in [0.5, 0.6) is 0 Å². The molecule has 0 saturated carbocycles. The Balaban J connectivity index is 1.57. The second-order valence-corrected chi connectivity index (χ2v) is 9.35. The number of hydrogen-bond acceptors (Lipinski definition) is 2. The molecule has 0 amide bonds. The highest BCUT2D eigenvalue weighted by atomic mass is 14.9. The summed E-state index contributed by atoms with van der Waals surface area (Å²) in [5.74, 6) is 0. The van der Waals surface area contributed by atoms with Crippen LogP contribution in [0.3, 0.4) is 0 Å². The highest BCUT2D eigenvalue weighted by molar-refractivity contribution is 5.97. The van der Waals surface area contributed by atoms with E-state index in [0.717, 1.165) is 22.7 Å². The molecule has 2 N–H and O–H groups in total. The number of benzene rings is 5. The van der Waals surface area contributed by atoms with Gasteiger partial charge in [-0.3, -0.25) is 0 Å². The molecule has 158 valence electrons. The monoisotopic (exact) mass is 416 g/mol. The van der Waals surface area contributed by atoms with E-state index in [0.29, 0.717) is 0 Å². The fourth-order valence-corrected chi connectivity index (χ4v) is 4.18. The minimum absolute atomic E-state index is 0.0334. The van der Waals surface area contributed by atoms with E-state index < -0.39 is 0 Å². The van der Waals surface area contributed by atoms with Crippen LogP contribution in [0.2, 0.25) is 0 Å². The Morgan fingerprint density at radius 3 is 1.41 bits per heavy atom. The number of hydrogen-bond donors (Lipinski definition) is 2. The van der Waals surface area contributed by atoms with Crippen LogP contribution in [0.15, 0.2) is 103 Å². The van der Waals surface area contributed by atoms with E-state index in [1.165, 1.54) is 27.1 Å². The molecular weight excluding hydrogens is 388 g/mol. The average Bonchev–Trinajstić information content (AvgIpc) is 2.79. The van der Waals surface area contributed by atoms with Gasteiger partial charge in [-0.05, 0) is 52.1 Å². The second kappa shape index (κ2) is 8.05. The van der Waals surface area contributed by atoms with Crippen molar-refractivity contribution in [2.24, 2.45) is 0 Å².